The van der Waals surface area contributed by atoms with Crippen LogP contribution in [-0.4, -0.2) is 29.7 Å². The Morgan fingerprint density at radius 2 is 1.23 bits per heavy atom. The summed E-state index contributed by atoms with van der Waals surface area (Å²) < 4.78 is 1.24. The summed E-state index contributed by atoms with van der Waals surface area (Å²) in [5.41, 5.74) is 0.401. The van der Waals surface area contributed by atoms with Crippen molar-refractivity contribution in [3.63, 3.8) is 0 Å². The Bertz CT molecular complexity index is 135. The van der Waals surface area contributed by atoms with E-state index >= 15 is 0 Å². The van der Waals surface area contributed by atoms with Crippen LogP contribution < -0.4 is 0 Å². The van der Waals surface area contributed by atoms with Gasteiger partial charge in [0.15, 0.2) is 0 Å². The fraction of sp³-hybridized carbons (Fsp3) is 1.00. The van der Waals surface area contributed by atoms with E-state index in [1.165, 1.54) is 24.1 Å². The molecular formula is C12H28N+. The van der Waals surface area contributed by atoms with E-state index in [0.29, 0.717) is 5.54 Å². The van der Waals surface area contributed by atoms with Crippen molar-refractivity contribution < 1.29 is 4.48 Å². The maximum Gasteiger partial charge on any atom is 0.0958 e. The first-order chi connectivity index (χ1) is 5.88. The van der Waals surface area contributed by atoms with E-state index < -0.39 is 0 Å². The molecule has 0 atom stereocenters. The van der Waals surface area contributed by atoms with E-state index in [2.05, 4.69) is 48.5 Å². The Hall–Kier alpha value is -0.0400. The van der Waals surface area contributed by atoms with Crippen LogP contribution >= 0.6 is 0 Å². The molecule has 0 aromatic rings. The lowest BCUT2D eigenvalue weighted by Crippen LogP contribution is -2.63. The monoisotopic (exact) mass is 186 g/mol. The van der Waals surface area contributed by atoms with Crippen LogP contribution in [0.15, 0.2) is 0 Å². The molecule has 0 unspecified atom stereocenters. The van der Waals surface area contributed by atoms with Gasteiger partial charge in [-0.05, 0) is 34.6 Å². The number of hydrogen-bond donors (Lipinski definition) is 0. The van der Waals surface area contributed by atoms with Crippen LogP contribution in [0, 0.1) is 5.92 Å². The molecule has 0 aliphatic heterocycles. The molecule has 0 aromatic carbocycles. The molecule has 0 radical (unpaired) electrons. The SMILES string of the molecule is CC[N+](CC)(CC)C(C)(C)C(C)C. The van der Waals surface area contributed by atoms with Gasteiger partial charge in [0.2, 0.25) is 0 Å². The van der Waals surface area contributed by atoms with Gasteiger partial charge >= 0.3 is 0 Å². The van der Waals surface area contributed by atoms with Crippen LogP contribution in [0.3, 0.4) is 0 Å². The van der Waals surface area contributed by atoms with E-state index in [9.17, 15) is 0 Å². The van der Waals surface area contributed by atoms with Crippen molar-refractivity contribution in [3.05, 3.63) is 0 Å². The highest BCUT2D eigenvalue weighted by Crippen LogP contribution is 2.31. The lowest BCUT2D eigenvalue weighted by molar-refractivity contribution is -0.972. The Balaban J connectivity index is 4.91. The second-order valence-corrected chi connectivity index (χ2v) is 4.90. The summed E-state index contributed by atoms with van der Waals surface area (Å²) in [7, 11) is 0. The van der Waals surface area contributed by atoms with Gasteiger partial charge in [-0.3, -0.25) is 0 Å². The van der Waals surface area contributed by atoms with E-state index in [0.717, 1.165) is 5.92 Å². The van der Waals surface area contributed by atoms with Crippen molar-refractivity contribution in [1.82, 2.24) is 0 Å². The lowest BCUT2D eigenvalue weighted by Gasteiger charge is -2.51. The van der Waals surface area contributed by atoms with Crippen molar-refractivity contribution in [2.75, 3.05) is 19.6 Å². The van der Waals surface area contributed by atoms with Gasteiger partial charge in [0.05, 0.1) is 25.2 Å². The highest BCUT2D eigenvalue weighted by Gasteiger charge is 2.42. The maximum atomic E-state index is 2.41. The molecule has 80 valence electrons. The molecule has 0 aliphatic carbocycles. The molecule has 0 bridgehead atoms. The predicted molar refractivity (Wildman–Crippen MR) is 60.8 cm³/mol. The van der Waals surface area contributed by atoms with Crippen molar-refractivity contribution in [2.24, 2.45) is 5.92 Å². The second-order valence-electron chi connectivity index (χ2n) is 4.90. The molecule has 1 heteroatoms. The molecule has 0 N–H and O–H groups in total. The standard InChI is InChI=1S/C12H28N/c1-8-13(9-2,10-3)12(6,7)11(4)5/h11H,8-10H2,1-7H3/q+1. The minimum atomic E-state index is 0.401. The Labute approximate surface area is 84.7 Å². The van der Waals surface area contributed by atoms with Gasteiger partial charge in [-0.1, -0.05) is 13.8 Å². The van der Waals surface area contributed by atoms with E-state index in [1.54, 1.807) is 0 Å². The zero-order valence-electron chi connectivity index (χ0n) is 10.6. The minimum Gasteiger partial charge on any atom is -0.320 e. The summed E-state index contributed by atoms with van der Waals surface area (Å²) in [6.07, 6.45) is 0. The largest absolute Gasteiger partial charge is 0.320 e. The quantitative estimate of drug-likeness (QED) is 0.578. The zero-order chi connectivity index (χ0) is 10.7. The normalized spacial score (nSPS) is 13.8. The van der Waals surface area contributed by atoms with Crippen LogP contribution in [-0.2, 0) is 0 Å². The number of rotatable bonds is 5. The Morgan fingerprint density at radius 3 is 1.31 bits per heavy atom. The van der Waals surface area contributed by atoms with E-state index in [-0.39, 0.29) is 0 Å². The van der Waals surface area contributed by atoms with Crippen LogP contribution in [0.25, 0.3) is 0 Å². The van der Waals surface area contributed by atoms with Crippen molar-refractivity contribution in [2.45, 2.75) is 54.0 Å². The third-order valence-corrected chi connectivity index (χ3v) is 4.45. The zero-order valence-corrected chi connectivity index (χ0v) is 10.6. The topological polar surface area (TPSA) is 0 Å². The summed E-state index contributed by atoms with van der Waals surface area (Å²) in [6, 6.07) is 0. The average molecular weight is 186 g/mol. The molecule has 0 saturated heterocycles. The molecule has 1 nitrogen and oxygen atoms in total. The minimum absolute atomic E-state index is 0.401. The van der Waals surface area contributed by atoms with Crippen molar-refractivity contribution >= 4 is 0 Å². The molecule has 0 aliphatic rings. The molecule has 0 saturated carbocycles. The number of quaternary nitrogens is 1. The summed E-state index contributed by atoms with van der Waals surface area (Å²) in [5.74, 6) is 0.743. The molecule has 0 amide bonds. The molecular weight excluding hydrogens is 158 g/mol. The average Bonchev–Trinajstić information content (AvgIpc) is 2.08. The first kappa shape index (κ1) is 13.0. The highest BCUT2D eigenvalue weighted by molar-refractivity contribution is 4.74. The van der Waals surface area contributed by atoms with E-state index in [1.807, 2.05) is 0 Å². The summed E-state index contributed by atoms with van der Waals surface area (Å²) >= 11 is 0. The second kappa shape index (κ2) is 4.45. The molecule has 0 rings (SSSR count). The van der Waals surface area contributed by atoms with Crippen LogP contribution in [0.1, 0.15) is 48.5 Å². The van der Waals surface area contributed by atoms with Gasteiger partial charge in [-0.15, -0.1) is 0 Å². The first-order valence-corrected chi connectivity index (χ1v) is 5.74. The fourth-order valence-electron chi connectivity index (χ4n) is 2.44. The van der Waals surface area contributed by atoms with Crippen LogP contribution in [0.5, 0.6) is 0 Å². The molecule has 13 heavy (non-hydrogen) atoms. The van der Waals surface area contributed by atoms with Gasteiger partial charge in [0.1, 0.15) is 0 Å². The Morgan fingerprint density at radius 1 is 0.923 bits per heavy atom. The molecule has 0 heterocycles. The lowest BCUT2D eigenvalue weighted by atomic mass is 9.85. The summed E-state index contributed by atoms with van der Waals surface area (Å²) in [5, 5.41) is 0. The van der Waals surface area contributed by atoms with Crippen molar-refractivity contribution in [3.8, 4) is 0 Å². The predicted octanol–water partition coefficient (Wildman–Crippen LogP) is 3.30. The molecule has 0 aromatic heterocycles. The van der Waals surface area contributed by atoms with Crippen LogP contribution in [0.4, 0.5) is 0 Å². The maximum absolute atomic E-state index is 2.41. The third-order valence-electron chi connectivity index (χ3n) is 4.45. The summed E-state index contributed by atoms with van der Waals surface area (Å²) in [4.78, 5) is 0. The van der Waals surface area contributed by atoms with Gasteiger partial charge in [-0.25, -0.2) is 0 Å². The number of hydrogen-bond acceptors (Lipinski definition) is 0. The third kappa shape index (κ3) is 2.07. The molecule has 0 spiro atoms. The van der Waals surface area contributed by atoms with Crippen molar-refractivity contribution in [1.29, 1.82) is 0 Å². The first-order valence-electron chi connectivity index (χ1n) is 5.74. The Kier molecular flexibility index (Phi) is 4.44. The van der Waals surface area contributed by atoms with Crippen LogP contribution in [0.2, 0.25) is 0 Å². The van der Waals surface area contributed by atoms with E-state index in [4.69, 9.17) is 0 Å². The molecule has 0 fully saturated rings. The fourth-order valence-corrected chi connectivity index (χ4v) is 2.44. The van der Waals surface area contributed by atoms with Gasteiger partial charge < -0.3 is 4.48 Å². The number of nitrogens with zero attached hydrogens (tertiary/aromatic N) is 1. The van der Waals surface area contributed by atoms with Gasteiger partial charge in [0.25, 0.3) is 0 Å². The van der Waals surface area contributed by atoms with Gasteiger partial charge in [0, 0.05) is 5.92 Å². The highest BCUT2D eigenvalue weighted by atomic mass is 15.4. The van der Waals surface area contributed by atoms with Gasteiger partial charge in [-0.2, -0.15) is 0 Å². The summed E-state index contributed by atoms with van der Waals surface area (Å²) in [6.45, 7) is 20.2. The smallest absolute Gasteiger partial charge is 0.0958 e.